The second kappa shape index (κ2) is 6.29. The highest BCUT2D eigenvalue weighted by Crippen LogP contribution is 2.18. The Morgan fingerprint density at radius 1 is 1.39 bits per heavy atom. The van der Waals surface area contributed by atoms with Crippen LogP contribution in [-0.2, 0) is 4.74 Å². The molecule has 1 aromatic carbocycles. The molecule has 0 radical (unpaired) electrons. The van der Waals surface area contributed by atoms with Gasteiger partial charge in [-0.25, -0.2) is 0 Å². The van der Waals surface area contributed by atoms with Gasteiger partial charge < -0.3 is 10.1 Å². The van der Waals surface area contributed by atoms with Crippen LogP contribution in [0.15, 0.2) is 18.2 Å². The number of amides is 1. The highest BCUT2D eigenvalue weighted by Gasteiger charge is 2.28. The van der Waals surface area contributed by atoms with Gasteiger partial charge in [0, 0.05) is 36.1 Å². The number of hydrogen-bond acceptors (Lipinski definition) is 4. The molecule has 1 saturated heterocycles. The molecule has 1 aliphatic rings. The van der Waals surface area contributed by atoms with E-state index in [-0.39, 0.29) is 11.4 Å². The summed E-state index contributed by atoms with van der Waals surface area (Å²) in [4.78, 5) is 14.8. The Hall–Kier alpha value is -1.92. The molecule has 0 atom stereocenters. The lowest BCUT2D eigenvalue weighted by Gasteiger charge is -2.40. The summed E-state index contributed by atoms with van der Waals surface area (Å²) < 4.78 is 5.40. The number of nitrogens with zero attached hydrogens (tertiary/aromatic N) is 2. The number of benzene rings is 1. The maximum absolute atomic E-state index is 12.5. The summed E-state index contributed by atoms with van der Waals surface area (Å²) in [6.07, 6.45) is 0. The van der Waals surface area contributed by atoms with E-state index in [2.05, 4.69) is 34.3 Å². The van der Waals surface area contributed by atoms with E-state index in [9.17, 15) is 4.79 Å². The first-order valence-electron chi connectivity index (χ1n) is 8.03. The van der Waals surface area contributed by atoms with Crippen molar-refractivity contribution in [2.75, 3.05) is 32.8 Å². The molecular weight excluding hydrogens is 292 g/mol. The largest absolute Gasteiger partial charge is 0.379 e. The van der Waals surface area contributed by atoms with E-state index in [1.807, 2.05) is 25.1 Å². The van der Waals surface area contributed by atoms with Gasteiger partial charge in [0.05, 0.1) is 24.4 Å². The number of H-pyrrole nitrogens is 1. The first-order valence-corrected chi connectivity index (χ1v) is 8.03. The molecule has 23 heavy (non-hydrogen) atoms. The smallest absolute Gasteiger partial charge is 0.251 e. The van der Waals surface area contributed by atoms with Gasteiger partial charge in [0.15, 0.2) is 0 Å². The van der Waals surface area contributed by atoms with E-state index in [1.54, 1.807) is 0 Å². The van der Waals surface area contributed by atoms with Crippen molar-refractivity contribution in [3.63, 3.8) is 0 Å². The van der Waals surface area contributed by atoms with Crippen molar-refractivity contribution >= 4 is 16.8 Å². The van der Waals surface area contributed by atoms with Crippen molar-refractivity contribution in [2.24, 2.45) is 0 Å². The van der Waals surface area contributed by atoms with Crippen LogP contribution in [0.5, 0.6) is 0 Å². The molecule has 0 spiro atoms. The van der Waals surface area contributed by atoms with Crippen LogP contribution in [0.3, 0.4) is 0 Å². The minimum Gasteiger partial charge on any atom is -0.379 e. The zero-order valence-corrected chi connectivity index (χ0v) is 14.0. The quantitative estimate of drug-likeness (QED) is 0.901. The van der Waals surface area contributed by atoms with Crippen LogP contribution in [0.25, 0.3) is 10.9 Å². The molecular formula is C17H24N4O2. The predicted octanol–water partition coefficient (Wildman–Crippen LogP) is 1.71. The summed E-state index contributed by atoms with van der Waals surface area (Å²) in [6, 6.07) is 5.62. The SMILES string of the molecule is Cc1n[nH]c2ccc(C(=O)NCC(C)(C)N3CCOCC3)cc12. The Balaban J connectivity index is 1.66. The van der Waals surface area contributed by atoms with Crippen molar-refractivity contribution in [3.8, 4) is 0 Å². The molecule has 3 rings (SSSR count). The molecule has 2 heterocycles. The number of aryl methyl sites for hydroxylation is 1. The molecule has 1 aliphatic heterocycles. The fraction of sp³-hybridized carbons (Fsp3) is 0.529. The van der Waals surface area contributed by atoms with Crippen molar-refractivity contribution in [3.05, 3.63) is 29.5 Å². The van der Waals surface area contributed by atoms with E-state index in [0.717, 1.165) is 42.9 Å². The van der Waals surface area contributed by atoms with Gasteiger partial charge in [-0.05, 0) is 39.0 Å². The van der Waals surface area contributed by atoms with Gasteiger partial charge in [-0.1, -0.05) is 0 Å². The van der Waals surface area contributed by atoms with E-state index < -0.39 is 0 Å². The molecule has 0 unspecified atom stereocenters. The van der Waals surface area contributed by atoms with E-state index in [4.69, 9.17) is 4.74 Å². The summed E-state index contributed by atoms with van der Waals surface area (Å²) in [7, 11) is 0. The molecule has 2 N–H and O–H groups in total. The third-order valence-electron chi connectivity index (χ3n) is 4.56. The topological polar surface area (TPSA) is 70.2 Å². The van der Waals surface area contributed by atoms with E-state index in [0.29, 0.717) is 12.1 Å². The Bertz CT molecular complexity index is 702. The van der Waals surface area contributed by atoms with Crippen LogP contribution < -0.4 is 5.32 Å². The van der Waals surface area contributed by atoms with E-state index >= 15 is 0 Å². The van der Waals surface area contributed by atoms with Crippen molar-refractivity contribution in [1.82, 2.24) is 20.4 Å². The Labute approximate surface area is 136 Å². The molecule has 1 fully saturated rings. The molecule has 6 nitrogen and oxygen atoms in total. The van der Waals surface area contributed by atoms with Crippen molar-refractivity contribution < 1.29 is 9.53 Å². The zero-order chi connectivity index (χ0) is 16.4. The van der Waals surface area contributed by atoms with Crippen LogP contribution in [0, 0.1) is 6.92 Å². The van der Waals surface area contributed by atoms with Gasteiger partial charge >= 0.3 is 0 Å². The lowest BCUT2D eigenvalue weighted by Crippen LogP contribution is -2.55. The molecule has 0 saturated carbocycles. The summed E-state index contributed by atoms with van der Waals surface area (Å²) in [5, 5.41) is 11.2. The minimum atomic E-state index is -0.0882. The molecule has 1 aromatic heterocycles. The number of aromatic nitrogens is 2. The third kappa shape index (κ3) is 3.38. The Kier molecular flexibility index (Phi) is 4.37. The summed E-state index contributed by atoms with van der Waals surface area (Å²) in [5.74, 6) is -0.0474. The predicted molar refractivity (Wildman–Crippen MR) is 89.6 cm³/mol. The number of carbonyl (C=O) groups excluding carboxylic acids is 1. The van der Waals surface area contributed by atoms with E-state index in [1.165, 1.54) is 0 Å². The first kappa shape index (κ1) is 16.0. The number of hydrogen-bond donors (Lipinski definition) is 2. The van der Waals surface area contributed by atoms with Gasteiger partial charge in [-0.2, -0.15) is 5.10 Å². The molecule has 6 heteroatoms. The summed E-state index contributed by atoms with van der Waals surface area (Å²) >= 11 is 0. The van der Waals surface area contributed by atoms with Crippen LogP contribution in [0.4, 0.5) is 0 Å². The standard InChI is InChI=1S/C17H24N4O2/c1-12-14-10-13(4-5-15(14)20-19-12)16(22)18-11-17(2,3)21-6-8-23-9-7-21/h4-5,10H,6-9,11H2,1-3H3,(H,18,22)(H,19,20). The Morgan fingerprint density at radius 2 is 2.13 bits per heavy atom. The number of ether oxygens (including phenoxy) is 1. The summed E-state index contributed by atoms with van der Waals surface area (Å²) in [6.45, 7) is 10.2. The lowest BCUT2D eigenvalue weighted by atomic mass is 10.0. The molecule has 0 bridgehead atoms. The average Bonchev–Trinajstić information content (AvgIpc) is 2.94. The van der Waals surface area contributed by atoms with Gasteiger partial charge in [0.25, 0.3) is 5.91 Å². The Morgan fingerprint density at radius 3 is 2.87 bits per heavy atom. The number of morpholine rings is 1. The van der Waals surface area contributed by atoms with Gasteiger partial charge in [-0.15, -0.1) is 0 Å². The fourth-order valence-corrected chi connectivity index (χ4v) is 2.97. The van der Waals surface area contributed by atoms with Crippen LogP contribution in [0.2, 0.25) is 0 Å². The van der Waals surface area contributed by atoms with Crippen LogP contribution >= 0.6 is 0 Å². The number of fused-ring (bicyclic) bond motifs is 1. The highest BCUT2D eigenvalue weighted by molar-refractivity contribution is 5.98. The summed E-state index contributed by atoms with van der Waals surface area (Å²) in [5.41, 5.74) is 2.44. The van der Waals surface area contributed by atoms with Crippen molar-refractivity contribution in [1.29, 1.82) is 0 Å². The third-order valence-corrected chi connectivity index (χ3v) is 4.56. The zero-order valence-electron chi connectivity index (χ0n) is 14.0. The first-order chi connectivity index (χ1) is 11.0. The van der Waals surface area contributed by atoms with Crippen LogP contribution in [0.1, 0.15) is 29.9 Å². The van der Waals surface area contributed by atoms with Gasteiger partial charge in [0.1, 0.15) is 0 Å². The highest BCUT2D eigenvalue weighted by atomic mass is 16.5. The number of carbonyl (C=O) groups is 1. The second-order valence-electron chi connectivity index (χ2n) is 6.66. The maximum Gasteiger partial charge on any atom is 0.251 e. The molecule has 124 valence electrons. The fourth-order valence-electron chi connectivity index (χ4n) is 2.97. The van der Waals surface area contributed by atoms with Crippen molar-refractivity contribution in [2.45, 2.75) is 26.3 Å². The minimum absolute atomic E-state index is 0.0474. The average molecular weight is 316 g/mol. The second-order valence-corrected chi connectivity index (χ2v) is 6.66. The normalized spacial score (nSPS) is 16.7. The number of rotatable bonds is 4. The lowest BCUT2D eigenvalue weighted by molar-refractivity contribution is -0.00923. The number of nitrogens with one attached hydrogen (secondary N) is 2. The molecule has 0 aliphatic carbocycles. The maximum atomic E-state index is 12.5. The number of aromatic amines is 1. The molecule has 1 amide bonds. The van der Waals surface area contributed by atoms with Gasteiger partial charge in [-0.3, -0.25) is 14.8 Å². The monoisotopic (exact) mass is 316 g/mol. The van der Waals surface area contributed by atoms with Gasteiger partial charge in [0.2, 0.25) is 0 Å². The van der Waals surface area contributed by atoms with Crippen LogP contribution in [-0.4, -0.2) is 59.4 Å². The molecule has 2 aromatic rings.